The minimum absolute atomic E-state index is 0.0586. The Hall–Kier alpha value is -5.20. The molecular formula is C39H45F4N5O9S. The van der Waals surface area contributed by atoms with Crippen molar-refractivity contribution < 1.29 is 59.4 Å². The number of sulfonamides is 1. The van der Waals surface area contributed by atoms with Crippen LogP contribution in [-0.2, 0) is 53.1 Å². The Balaban J connectivity index is 1.27. The average Bonchev–Trinajstić information content (AvgIpc) is 3.42. The zero-order valence-electron chi connectivity index (χ0n) is 32.1. The molecule has 5 amide bonds. The van der Waals surface area contributed by atoms with Gasteiger partial charge < -0.3 is 25.0 Å². The molecule has 14 nitrogen and oxygen atoms in total. The Labute approximate surface area is 332 Å². The Kier molecular flexibility index (Phi) is 11.9. The molecule has 2 aromatic carbocycles. The number of halogens is 4. The molecule has 2 fully saturated rings. The Morgan fingerprint density at radius 3 is 2.45 bits per heavy atom. The summed E-state index contributed by atoms with van der Waals surface area (Å²) in [5.74, 6) is -4.03. The Bertz CT molecular complexity index is 2110. The number of carbonyl (C=O) groups excluding carboxylic acids is 5. The molecule has 0 spiro atoms. The molecule has 1 saturated carbocycles. The first-order valence-electron chi connectivity index (χ1n) is 18.9. The van der Waals surface area contributed by atoms with E-state index in [0.717, 1.165) is 17.0 Å². The van der Waals surface area contributed by atoms with E-state index in [1.807, 2.05) is 4.72 Å². The van der Waals surface area contributed by atoms with Gasteiger partial charge in [0.2, 0.25) is 11.8 Å². The van der Waals surface area contributed by atoms with Crippen LogP contribution < -0.4 is 15.4 Å². The van der Waals surface area contributed by atoms with Crippen LogP contribution in [-0.4, -0.2) is 84.0 Å². The summed E-state index contributed by atoms with van der Waals surface area (Å²) in [6.07, 6.45) is -2.14. The third-order valence-corrected chi connectivity index (χ3v) is 11.8. The number of nitrogens with one attached hydrogen (secondary N) is 3. The van der Waals surface area contributed by atoms with E-state index in [-0.39, 0.29) is 38.9 Å². The molecule has 58 heavy (non-hydrogen) atoms. The monoisotopic (exact) mass is 835 g/mol. The van der Waals surface area contributed by atoms with Gasteiger partial charge in [-0.1, -0.05) is 43.2 Å². The number of ether oxygens (including phenoxy) is 2. The summed E-state index contributed by atoms with van der Waals surface area (Å²) >= 11 is 0. The number of benzene rings is 2. The SMILES string of the molecule is CC(C)(C)OC(=O)N[C@H]1CCCCC/C=C\[C@@H]2C[C@@]2(C(=O)NS(=O)(=O)c2cccc(C(F)(F)F)c2)NC(=O)[C@@H]2C[C@@H](OC(=O)N3Cc4cccc(F)c4C3)CN2C1=O. The highest BCUT2D eigenvalue weighted by atomic mass is 32.2. The van der Waals surface area contributed by atoms with E-state index in [1.54, 1.807) is 39.0 Å². The van der Waals surface area contributed by atoms with Gasteiger partial charge in [-0.25, -0.2) is 27.1 Å². The summed E-state index contributed by atoms with van der Waals surface area (Å²) in [6, 6.07) is 4.73. The van der Waals surface area contributed by atoms with Crippen LogP contribution in [0.3, 0.4) is 0 Å². The number of rotatable bonds is 5. The fraction of sp³-hybridized carbons (Fsp3) is 0.513. The minimum Gasteiger partial charge on any atom is -0.444 e. The van der Waals surface area contributed by atoms with E-state index < -0.39 is 97.6 Å². The van der Waals surface area contributed by atoms with Crippen molar-refractivity contribution in [3.63, 3.8) is 0 Å². The molecule has 4 aliphatic rings. The van der Waals surface area contributed by atoms with E-state index in [0.29, 0.717) is 48.9 Å². The van der Waals surface area contributed by atoms with Crippen LogP contribution in [0.1, 0.15) is 82.4 Å². The van der Waals surface area contributed by atoms with Gasteiger partial charge in [0.25, 0.3) is 15.9 Å². The normalized spacial score (nSPS) is 25.8. The predicted molar refractivity (Wildman–Crippen MR) is 197 cm³/mol. The third kappa shape index (κ3) is 9.56. The summed E-state index contributed by atoms with van der Waals surface area (Å²) in [7, 11) is -4.87. The quantitative estimate of drug-likeness (QED) is 0.274. The van der Waals surface area contributed by atoms with Crippen LogP contribution in [0, 0.1) is 11.7 Å². The van der Waals surface area contributed by atoms with Crippen molar-refractivity contribution in [1.82, 2.24) is 25.2 Å². The first-order valence-corrected chi connectivity index (χ1v) is 20.4. The zero-order chi connectivity index (χ0) is 42.2. The molecule has 19 heteroatoms. The van der Waals surface area contributed by atoms with Crippen LogP contribution in [0.2, 0.25) is 0 Å². The molecule has 0 radical (unpaired) electrons. The van der Waals surface area contributed by atoms with Gasteiger partial charge in [0, 0.05) is 24.4 Å². The molecule has 5 atom stereocenters. The second-order valence-corrected chi connectivity index (χ2v) is 17.7. The maximum atomic E-state index is 14.5. The first-order chi connectivity index (χ1) is 27.2. The van der Waals surface area contributed by atoms with E-state index in [1.165, 1.54) is 17.0 Å². The Morgan fingerprint density at radius 2 is 1.74 bits per heavy atom. The number of alkyl halides is 3. The lowest BCUT2D eigenvalue weighted by Crippen LogP contribution is -2.58. The fourth-order valence-electron chi connectivity index (χ4n) is 7.45. The second-order valence-electron chi connectivity index (χ2n) is 16.0. The topological polar surface area (TPSA) is 181 Å². The van der Waals surface area contributed by atoms with E-state index >= 15 is 0 Å². The van der Waals surface area contributed by atoms with Crippen molar-refractivity contribution in [2.45, 2.75) is 119 Å². The molecule has 6 rings (SSSR count). The molecule has 3 heterocycles. The molecule has 1 saturated heterocycles. The Morgan fingerprint density at radius 1 is 1.00 bits per heavy atom. The molecule has 3 N–H and O–H groups in total. The van der Waals surface area contributed by atoms with Crippen LogP contribution in [0.15, 0.2) is 59.5 Å². The number of allylic oxidation sites excluding steroid dienone is 1. The van der Waals surface area contributed by atoms with Gasteiger partial charge in [-0.05, 0) is 76.3 Å². The van der Waals surface area contributed by atoms with E-state index in [2.05, 4.69) is 10.6 Å². The summed E-state index contributed by atoms with van der Waals surface area (Å²) in [6.45, 7) is 4.62. The van der Waals surface area contributed by atoms with Gasteiger partial charge in [0.05, 0.1) is 23.5 Å². The van der Waals surface area contributed by atoms with Crippen molar-refractivity contribution in [2.24, 2.45) is 5.92 Å². The highest BCUT2D eigenvalue weighted by Crippen LogP contribution is 2.46. The van der Waals surface area contributed by atoms with Crippen LogP contribution in [0.4, 0.5) is 27.2 Å². The van der Waals surface area contributed by atoms with E-state index in [9.17, 15) is 50.0 Å². The average molecular weight is 836 g/mol. The zero-order valence-corrected chi connectivity index (χ0v) is 32.9. The van der Waals surface area contributed by atoms with Gasteiger partial charge in [-0.15, -0.1) is 0 Å². The molecule has 2 aromatic rings. The molecule has 314 valence electrons. The first kappa shape index (κ1) is 42.4. The van der Waals surface area contributed by atoms with E-state index in [4.69, 9.17) is 9.47 Å². The summed E-state index contributed by atoms with van der Waals surface area (Å²) in [5, 5.41) is 5.23. The highest BCUT2D eigenvalue weighted by Gasteiger charge is 2.62. The molecule has 1 aliphatic carbocycles. The van der Waals surface area contributed by atoms with Crippen molar-refractivity contribution in [3.8, 4) is 0 Å². The van der Waals surface area contributed by atoms with Gasteiger partial charge in [0.1, 0.15) is 35.1 Å². The van der Waals surface area contributed by atoms with Crippen LogP contribution in [0.25, 0.3) is 0 Å². The molecule has 3 aliphatic heterocycles. The number of hydrogen-bond donors (Lipinski definition) is 3. The largest absolute Gasteiger partial charge is 0.444 e. The van der Waals surface area contributed by atoms with Crippen LogP contribution in [0.5, 0.6) is 0 Å². The summed E-state index contributed by atoms with van der Waals surface area (Å²) in [4.78, 5) is 70.5. The number of carbonyl (C=O) groups is 5. The number of amides is 5. The molecule has 0 bridgehead atoms. The van der Waals surface area contributed by atoms with Crippen molar-refractivity contribution >= 4 is 39.9 Å². The minimum atomic E-state index is -4.87. The highest BCUT2D eigenvalue weighted by molar-refractivity contribution is 7.90. The van der Waals surface area contributed by atoms with Crippen molar-refractivity contribution in [1.29, 1.82) is 0 Å². The van der Waals surface area contributed by atoms with Crippen molar-refractivity contribution in [2.75, 3.05) is 6.54 Å². The van der Waals surface area contributed by atoms with Gasteiger partial charge in [-0.2, -0.15) is 13.2 Å². The second kappa shape index (κ2) is 16.2. The standard InChI is InChI=1S/C39H45F4N5O9S/c1-37(2,3)57-35(52)44-30-16-8-6-4-5-7-12-25-19-38(25,34(51)46-58(54,55)27-14-10-13-24(17-27)39(41,42)43)45-32(49)31-18-26(21-48(31)33(30)50)56-36(53)47-20-23-11-9-15-29(40)28(23)22-47/h7,9-15,17,25-26,30-31H,4-6,8,16,18-22H2,1-3H3,(H,44,52)(H,45,49)(H,46,51)/b12-7-/t25-,26-,30+,31+,38-/m1/s1. The lowest BCUT2D eigenvalue weighted by atomic mass is 10.0. The third-order valence-electron chi connectivity index (χ3n) is 10.5. The number of hydrogen-bond acceptors (Lipinski definition) is 9. The lowest BCUT2D eigenvalue weighted by molar-refractivity contribution is -0.141. The predicted octanol–water partition coefficient (Wildman–Crippen LogP) is 5.06. The lowest BCUT2D eigenvalue weighted by Gasteiger charge is -2.30. The molecular weight excluding hydrogens is 791 g/mol. The number of alkyl carbamates (subject to hydrolysis) is 1. The maximum Gasteiger partial charge on any atom is 0.416 e. The molecule has 0 aromatic heterocycles. The maximum absolute atomic E-state index is 14.5. The number of fused-ring (bicyclic) bond motifs is 3. The van der Waals surface area contributed by atoms with Crippen LogP contribution >= 0.6 is 0 Å². The summed E-state index contributed by atoms with van der Waals surface area (Å²) in [5.41, 5.74) is -3.12. The smallest absolute Gasteiger partial charge is 0.416 e. The fourth-order valence-corrected chi connectivity index (χ4v) is 8.54. The number of nitrogens with zero attached hydrogens (tertiary/aromatic N) is 2. The van der Waals surface area contributed by atoms with Gasteiger partial charge in [-0.3, -0.25) is 19.3 Å². The molecule has 0 unspecified atom stereocenters. The summed E-state index contributed by atoms with van der Waals surface area (Å²) < 4.78 is 94.3. The van der Waals surface area contributed by atoms with Crippen molar-refractivity contribution in [3.05, 3.63) is 77.1 Å². The van der Waals surface area contributed by atoms with Gasteiger partial charge >= 0.3 is 18.4 Å². The van der Waals surface area contributed by atoms with Gasteiger partial charge in [0.15, 0.2) is 0 Å².